The van der Waals surface area contributed by atoms with Crippen molar-refractivity contribution in [1.29, 1.82) is 0 Å². The summed E-state index contributed by atoms with van der Waals surface area (Å²) in [6, 6.07) is 0. The van der Waals surface area contributed by atoms with Crippen LogP contribution in [0.5, 0.6) is 0 Å². The molecule has 0 aromatic carbocycles. The Labute approximate surface area is 130 Å². The molecule has 0 saturated carbocycles. The van der Waals surface area contributed by atoms with E-state index in [1.807, 2.05) is 0 Å². The van der Waals surface area contributed by atoms with Gasteiger partial charge in [-0.2, -0.15) is 0 Å². The van der Waals surface area contributed by atoms with Gasteiger partial charge in [0.1, 0.15) is 43.2 Å². The van der Waals surface area contributed by atoms with Gasteiger partial charge in [-0.3, -0.25) is 0 Å². The standard InChI is InChI=1S/C12H21FO10/c13-6-7(17)4(1-14)21-11(9(6)19)23-12(3-16)10(20)8(18)5(2-15)22-12/h4-11,14-20H,1-3H2/t4-,5-,6?,7-,8-,9-,10+,11-,12?/m1/s1. The van der Waals surface area contributed by atoms with Crippen molar-refractivity contribution in [2.24, 2.45) is 0 Å². The first-order chi connectivity index (χ1) is 10.8. The molecule has 2 aliphatic rings. The normalized spacial score (nSPS) is 51.1. The number of hydrogen-bond acceptors (Lipinski definition) is 10. The van der Waals surface area contributed by atoms with E-state index >= 15 is 0 Å². The smallest absolute Gasteiger partial charge is 0.224 e. The Morgan fingerprint density at radius 1 is 0.913 bits per heavy atom. The van der Waals surface area contributed by atoms with E-state index in [0.29, 0.717) is 0 Å². The minimum absolute atomic E-state index is 0.693. The van der Waals surface area contributed by atoms with Crippen LogP contribution in [0, 0.1) is 0 Å². The van der Waals surface area contributed by atoms with Crippen LogP contribution < -0.4 is 0 Å². The number of alkyl halides is 1. The van der Waals surface area contributed by atoms with E-state index in [2.05, 4.69) is 0 Å². The summed E-state index contributed by atoms with van der Waals surface area (Å²) in [6.07, 6.45) is -14.0. The summed E-state index contributed by atoms with van der Waals surface area (Å²) in [7, 11) is 0. The lowest BCUT2D eigenvalue weighted by atomic mass is 10.00. The highest BCUT2D eigenvalue weighted by Crippen LogP contribution is 2.36. The van der Waals surface area contributed by atoms with E-state index in [1.54, 1.807) is 0 Å². The Balaban J connectivity index is 2.18. The van der Waals surface area contributed by atoms with Crippen LogP contribution in [0.3, 0.4) is 0 Å². The SMILES string of the molecule is OC[C@H]1OC(CO)(O[C@H]2O[C@H](CO)[C@@H](O)C(F)[C@H]2O)[C@@H](O)[C@@H]1O. The van der Waals surface area contributed by atoms with Crippen LogP contribution in [0.4, 0.5) is 4.39 Å². The van der Waals surface area contributed by atoms with Crippen LogP contribution in [-0.2, 0) is 14.2 Å². The van der Waals surface area contributed by atoms with E-state index in [1.165, 1.54) is 0 Å². The first-order valence-corrected chi connectivity index (χ1v) is 7.01. The van der Waals surface area contributed by atoms with Crippen molar-refractivity contribution in [2.75, 3.05) is 19.8 Å². The molecule has 10 nitrogen and oxygen atoms in total. The lowest BCUT2D eigenvalue weighted by Crippen LogP contribution is -2.61. The van der Waals surface area contributed by atoms with Gasteiger partial charge in [0.25, 0.3) is 0 Å². The summed E-state index contributed by atoms with van der Waals surface area (Å²) in [5.41, 5.74) is 0. The zero-order valence-electron chi connectivity index (χ0n) is 12.0. The Hall–Kier alpha value is -0.470. The first kappa shape index (κ1) is 18.9. The van der Waals surface area contributed by atoms with Gasteiger partial charge in [0.15, 0.2) is 12.5 Å². The Kier molecular flexibility index (Phi) is 5.90. The average Bonchev–Trinajstić information content (AvgIpc) is 2.80. The quantitative estimate of drug-likeness (QED) is 0.258. The van der Waals surface area contributed by atoms with Crippen molar-refractivity contribution in [3.63, 3.8) is 0 Å². The third kappa shape index (κ3) is 3.22. The fraction of sp³-hybridized carbons (Fsp3) is 1.00. The molecule has 11 heteroatoms. The molecule has 2 rings (SSSR count). The maximum atomic E-state index is 13.9. The van der Waals surface area contributed by atoms with Crippen LogP contribution in [0.15, 0.2) is 0 Å². The molecule has 0 aliphatic carbocycles. The van der Waals surface area contributed by atoms with Gasteiger partial charge in [0, 0.05) is 0 Å². The molecule has 23 heavy (non-hydrogen) atoms. The Morgan fingerprint density at radius 2 is 1.52 bits per heavy atom. The van der Waals surface area contributed by atoms with Gasteiger partial charge in [-0.05, 0) is 0 Å². The molecule has 2 aliphatic heterocycles. The Morgan fingerprint density at radius 3 is 2.00 bits per heavy atom. The van der Waals surface area contributed by atoms with Gasteiger partial charge in [-0.1, -0.05) is 0 Å². The lowest BCUT2D eigenvalue weighted by molar-refractivity contribution is -0.379. The topological polar surface area (TPSA) is 169 Å². The molecular weight excluding hydrogens is 323 g/mol. The third-order valence-electron chi connectivity index (χ3n) is 4.02. The third-order valence-corrected chi connectivity index (χ3v) is 4.02. The average molecular weight is 344 g/mol. The van der Waals surface area contributed by atoms with Gasteiger partial charge in [0.05, 0.1) is 13.2 Å². The predicted octanol–water partition coefficient (Wildman–Crippen LogP) is -4.42. The summed E-state index contributed by atoms with van der Waals surface area (Å²) in [5, 5.41) is 66.5. The molecule has 0 bridgehead atoms. The summed E-state index contributed by atoms with van der Waals surface area (Å²) < 4.78 is 29.1. The number of aliphatic hydroxyl groups is 7. The van der Waals surface area contributed by atoms with Crippen molar-refractivity contribution in [1.82, 2.24) is 0 Å². The molecule has 0 aromatic heterocycles. The van der Waals surface area contributed by atoms with Crippen LogP contribution in [-0.4, -0.2) is 110 Å². The zero-order valence-corrected chi connectivity index (χ0v) is 12.0. The van der Waals surface area contributed by atoms with E-state index in [9.17, 15) is 29.9 Å². The number of ether oxygens (including phenoxy) is 3. The predicted molar refractivity (Wildman–Crippen MR) is 67.5 cm³/mol. The lowest BCUT2D eigenvalue weighted by Gasteiger charge is -2.42. The van der Waals surface area contributed by atoms with Gasteiger partial charge in [0.2, 0.25) is 5.79 Å². The second-order valence-corrected chi connectivity index (χ2v) is 5.51. The Bertz CT molecular complexity index is 398. The summed E-state index contributed by atoms with van der Waals surface area (Å²) >= 11 is 0. The second-order valence-electron chi connectivity index (χ2n) is 5.51. The minimum Gasteiger partial charge on any atom is -0.394 e. The molecule has 2 saturated heterocycles. The molecule has 0 radical (unpaired) electrons. The van der Waals surface area contributed by atoms with Crippen molar-refractivity contribution in [2.45, 2.75) is 54.9 Å². The molecule has 136 valence electrons. The summed E-state index contributed by atoms with van der Waals surface area (Å²) in [4.78, 5) is 0. The molecule has 2 unspecified atom stereocenters. The van der Waals surface area contributed by atoms with Crippen molar-refractivity contribution in [3.8, 4) is 0 Å². The fourth-order valence-electron chi connectivity index (χ4n) is 2.61. The fourth-order valence-corrected chi connectivity index (χ4v) is 2.61. The summed E-state index contributed by atoms with van der Waals surface area (Å²) in [6.45, 7) is -2.47. The van der Waals surface area contributed by atoms with Gasteiger partial charge >= 0.3 is 0 Å². The molecule has 9 atom stereocenters. The zero-order chi connectivity index (χ0) is 17.4. The highest BCUT2D eigenvalue weighted by atomic mass is 19.1. The van der Waals surface area contributed by atoms with Crippen LogP contribution in [0.25, 0.3) is 0 Å². The molecule has 0 spiro atoms. The number of halogens is 1. The molecule has 2 heterocycles. The van der Waals surface area contributed by atoms with Gasteiger partial charge < -0.3 is 50.0 Å². The van der Waals surface area contributed by atoms with Gasteiger partial charge in [-0.15, -0.1) is 0 Å². The number of hydrogen-bond donors (Lipinski definition) is 7. The molecular formula is C12H21FO10. The summed E-state index contributed by atoms with van der Waals surface area (Å²) in [5.74, 6) is -2.28. The first-order valence-electron chi connectivity index (χ1n) is 7.01. The molecule has 7 N–H and O–H groups in total. The number of rotatable bonds is 5. The maximum absolute atomic E-state index is 13.9. The van der Waals surface area contributed by atoms with Gasteiger partial charge in [-0.25, -0.2) is 4.39 Å². The molecule has 0 amide bonds. The van der Waals surface area contributed by atoms with Crippen molar-refractivity contribution in [3.05, 3.63) is 0 Å². The highest BCUT2D eigenvalue weighted by Gasteiger charge is 2.58. The number of aliphatic hydroxyl groups excluding tert-OH is 7. The highest BCUT2D eigenvalue weighted by molar-refractivity contribution is 4.98. The van der Waals surface area contributed by atoms with Crippen molar-refractivity contribution < 1.29 is 54.3 Å². The van der Waals surface area contributed by atoms with E-state index in [4.69, 9.17) is 24.4 Å². The minimum atomic E-state index is -2.28. The van der Waals surface area contributed by atoms with Crippen molar-refractivity contribution >= 4 is 0 Å². The van der Waals surface area contributed by atoms with E-state index in [-0.39, 0.29) is 0 Å². The largest absolute Gasteiger partial charge is 0.394 e. The van der Waals surface area contributed by atoms with E-state index in [0.717, 1.165) is 0 Å². The molecule has 0 aromatic rings. The van der Waals surface area contributed by atoms with Crippen LogP contribution in [0.2, 0.25) is 0 Å². The molecule has 2 fully saturated rings. The van der Waals surface area contributed by atoms with E-state index < -0.39 is 74.7 Å². The van der Waals surface area contributed by atoms with Crippen LogP contribution >= 0.6 is 0 Å². The maximum Gasteiger partial charge on any atom is 0.224 e. The van der Waals surface area contributed by atoms with Crippen LogP contribution in [0.1, 0.15) is 0 Å². The monoisotopic (exact) mass is 344 g/mol. The second kappa shape index (κ2) is 7.19.